The summed E-state index contributed by atoms with van der Waals surface area (Å²) in [5.74, 6) is 0. The number of unbranched alkanes of at least 4 members (excludes halogenated alkanes) is 7. The maximum absolute atomic E-state index is 4.38. The van der Waals surface area contributed by atoms with Crippen molar-refractivity contribution in [3.63, 3.8) is 0 Å². The van der Waals surface area contributed by atoms with Gasteiger partial charge in [-0.05, 0) is 24.5 Å². The van der Waals surface area contributed by atoms with Crippen LogP contribution in [-0.4, -0.2) is 11.9 Å². The van der Waals surface area contributed by atoms with Gasteiger partial charge in [-0.3, -0.25) is 0 Å². The Kier molecular flexibility index (Phi) is 7.20. The average Bonchev–Trinajstić information content (AvgIpc) is 2.74. The number of allylic oxidation sites excluding steroid dienone is 1. The molecule has 0 amide bonds. The average molecular weight is 378 g/mol. The number of hydrogen-bond acceptors (Lipinski definition) is 1. The van der Waals surface area contributed by atoms with Crippen LogP contribution in [0, 0.1) is 0 Å². The number of benzene rings is 1. The van der Waals surface area contributed by atoms with E-state index in [1.807, 2.05) is 0 Å². The van der Waals surface area contributed by atoms with E-state index in [-0.39, 0.29) is 5.41 Å². The van der Waals surface area contributed by atoms with E-state index in [9.17, 15) is 0 Å². The van der Waals surface area contributed by atoms with Gasteiger partial charge in [-0.2, -0.15) is 0 Å². The summed E-state index contributed by atoms with van der Waals surface area (Å²) in [6.07, 6.45) is 10.9. The molecule has 0 radical (unpaired) electrons. The molecule has 0 fully saturated rings. The van der Waals surface area contributed by atoms with Crippen LogP contribution in [0.1, 0.15) is 70.8 Å². The SMILES string of the molecule is C=C1N(CCCCCCCCCCBr)c2ccccc2C1(C)C. The van der Waals surface area contributed by atoms with Crippen molar-refractivity contribution < 1.29 is 0 Å². The highest BCUT2D eigenvalue weighted by Gasteiger charge is 2.38. The molecular formula is C21H32BrN. The Hall–Kier alpha value is -0.760. The van der Waals surface area contributed by atoms with Crippen molar-refractivity contribution in [1.29, 1.82) is 0 Å². The zero-order valence-electron chi connectivity index (χ0n) is 14.9. The van der Waals surface area contributed by atoms with Crippen LogP contribution in [0.4, 0.5) is 5.69 Å². The molecular weight excluding hydrogens is 346 g/mol. The van der Waals surface area contributed by atoms with Gasteiger partial charge in [0.25, 0.3) is 0 Å². The van der Waals surface area contributed by atoms with Crippen molar-refractivity contribution >= 4 is 21.6 Å². The number of halogens is 1. The Morgan fingerprint density at radius 3 is 2.13 bits per heavy atom. The van der Waals surface area contributed by atoms with Gasteiger partial charge in [0, 0.05) is 28.7 Å². The second-order valence-electron chi connectivity index (χ2n) is 7.26. The summed E-state index contributed by atoms with van der Waals surface area (Å²) in [6.45, 7) is 10.1. The third-order valence-electron chi connectivity index (χ3n) is 5.18. The molecule has 0 saturated carbocycles. The Morgan fingerprint density at radius 1 is 0.913 bits per heavy atom. The molecule has 0 aromatic heterocycles. The van der Waals surface area contributed by atoms with E-state index in [0.29, 0.717) is 0 Å². The highest BCUT2D eigenvalue weighted by molar-refractivity contribution is 9.09. The van der Waals surface area contributed by atoms with E-state index in [1.54, 1.807) is 0 Å². The Balaban J connectivity index is 1.71. The number of fused-ring (bicyclic) bond motifs is 1. The normalized spacial score (nSPS) is 16.0. The van der Waals surface area contributed by atoms with Crippen LogP contribution in [0.25, 0.3) is 0 Å². The number of rotatable bonds is 10. The third-order valence-corrected chi connectivity index (χ3v) is 5.74. The molecule has 0 N–H and O–H groups in total. The van der Waals surface area contributed by atoms with Gasteiger partial charge in [-0.25, -0.2) is 0 Å². The van der Waals surface area contributed by atoms with Crippen molar-refractivity contribution in [3.8, 4) is 0 Å². The first-order chi connectivity index (χ1) is 11.1. The van der Waals surface area contributed by atoms with Crippen LogP contribution in [0.3, 0.4) is 0 Å². The van der Waals surface area contributed by atoms with Crippen molar-refractivity contribution in [1.82, 2.24) is 0 Å². The molecule has 1 aliphatic heterocycles. The van der Waals surface area contributed by atoms with Gasteiger partial charge in [-0.15, -0.1) is 0 Å². The lowest BCUT2D eigenvalue weighted by Gasteiger charge is -2.25. The van der Waals surface area contributed by atoms with E-state index in [1.165, 1.54) is 68.3 Å². The topological polar surface area (TPSA) is 3.24 Å². The fourth-order valence-corrected chi connectivity index (χ4v) is 3.95. The molecule has 0 aliphatic carbocycles. The minimum atomic E-state index is 0.0754. The van der Waals surface area contributed by atoms with Crippen LogP contribution >= 0.6 is 15.9 Å². The fourth-order valence-electron chi connectivity index (χ4n) is 3.56. The molecule has 128 valence electrons. The quantitative estimate of drug-likeness (QED) is 0.319. The summed E-state index contributed by atoms with van der Waals surface area (Å²) in [5, 5.41) is 1.16. The highest BCUT2D eigenvalue weighted by atomic mass is 79.9. The number of hydrogen-bond donors (Lipinski definition) is 0. The standard InChI is InChI=1S/C21H32BrN/c1-18-21(2,3)19-14-10-11-15-20(19)23(18)17-13-9-7-5-4-6-8-12-16-22/h10-11,14-15H,1,4-9,12-13,16-17H2,2-3H3. The molecule has 0 bridgehead atoms. The fraction of sp³-hybridized carbons (Fsp3) is 0.619. The number of anilines is 1. The van der Waals surface area contributed by atoms with Crippen LogP contribution in [0.5, 0.6) is 0 Å². The second-order valence-corrected chi connectivity index (χ2v) is 8.05. The minimum Gasteiger partial charge on any atom is -0.345 e. The Bertz CT molecular complexity index is 506. The third kappa shape index (κ3) is 4.62. The van der Waals surface area contributed by atoms with Gasteiger partial charge in [0.1, 0.15) is 0 Å². The van der Waals surface area contributed by atoms with Crippen LogP contribution in [0.2, 0.25) is 0 Å². The molecule has 2 rings (SSSR count). The second kappa shape index (κ2) is 8.92. The van der Waals surface area contributed by atoms with Crippen LogP contribution < -0.4 is 4.90 Å². The monoisotopic (exact) mass is 377 g/mol. The van der Waals surface area contributed by atoms with Gasteiger partial charge in [0.05, 0.1) is 0 Å². The molecule has 1 aliphatic rings. The van der Waals surface area contributed by atoms with Gasteiger partial charge in [0.2, 0.25) is 0 Å². The van der Waals surface area contributed by atoms with E-state index < -0.39 is 0 Å². The maximum atomic E-state index is 4.38. The lowest BCUT2D eigenvalue weighted by molar-refractivity contribution is 0.571. The van der Waals surface area contributed by atoms with Gasteiger partial charge in [0.15, 0.2) is 0 Å². The maximum Gasteiger partial charge on any atom is 0.0450 e. The Labute approximate surface area is 151 Å². The summed E-state index contributed by atoms with van der Waals surface area (Å²) < 4.78 is 0. The van der Waals surface area contributed by atoms with E-state index in [2.05, 4.69) is 65.5 Å². The first-order valence-electron chi connectivity index (χ1n) is 9.21. The molecule has 0 saturated heterocycles. The summed E-state index contributed by atoms with van der Waals surface area (Å²) in [5.41, 5.74) is 4.13. The molecule has 0 spiro atoms. The zero-order valence-corrected chi connectivity index (χ0v) is 16.5. The van der Waals surface area contributed by atoms with Gasteiger partial charge < -0.3 is 4.90 Å². The predicted octanol–water partition coefficient (Wildman–Crippen LogP) is 6.81. The minimum absolute atomic E-state index is 0.0754. The number of para-hydroxylation sites is 1. The van der Waals surface area contributed by atoms with E-state index in [4.69, 9.17) is 0 Å². The number of alkyl halides is 1. The largest absolute Gasteiger partial charge is 0.345 e. The lowest BCUT2D eigenvalue weighted by atomic mass is 9.84. The van der Waals surface area contributed by atoms with Gasteiger partial charge in [-0.1, -0.05) is 93.1 Å². The highest BCUT2D eigenvalue weighted by Crippen LogP contribution is 2.46. The molecule has 1 aromatic rings. The van der Waals surface area contributed by atoms with Crippen molar-refractivity contribution in [2.24, 2.45) is 0 Å². The van der Waals surface area contributed by atoms with Crippen LogP contribution in [-0.2, 0) is 5.41 Å². The summed E-state index contributed by atoms with van der Waals surface area (Å²) in [7, 11) is 0. The lowest BCUT2D eigenvalue weighted by Crippen LogP contribution is -2.26. The first kappa shape index (κ1) is 18.6. The van der Waals surface area contributed by atoms with E-state index in [0.717, 1.165) is 11.9 Å². The summed E-state index contributed by atoms with van der Waals surface area (Å²) in [4.78, 5) is 2.45. The summed E-state index contributed by atoms with van der Waals surface area (Å²) >= 11 is 3.50. The molecule has 1 aromatic carbocycles. The van der Waals surface area contributed by atoms with E-state index >= 15 is 0 Å². The molecule has 1 heterocycles. The molecule has 2 heteroatoms. The first-order valence-corrected chi connectivity index (χ1v) is 10.3. The molecule has 23 heavy (non-hydrogen) atoms. The number of nitrogens with zero attached hydrogens (tertiary/aromatic N) is 1. The predicted molar refractivity (Wildman–Crippen MR) is 107 cm³/mol. The van der Waals surface area contributed by atoms with Crippen LogP contribution in [0.15, 0.2) is 36.5 Å². The molecule has 0 atom stereocenters. The van der Waals surface area contributed by atoms with Crippen molar-refractivity contribution in [2.45, 2.75) is 70.6 Å². The van der Waals surface area contributed by atoms with Gasteiger partial charge >= 0.3 is 0 Å². The molecule has 1 nitrogen and oxygen atoms in total. The molecule has 0 unspecified atom stereocenters. The zero-order chi connectivity index (χ0) is 16.7. The smallest absolute Gasteiger partial charge is 0.0450 e. The summed E-state index contributed by atoms with van der Waals surface area (Å²) in [6, 6.07) is 8.80. The van der Waals surface area contributed by atoms with Crippen molar-refractivity contribution in [3.05, 3.63) is 42.1 Å². The van der Waals surface area contributed by atoms with Crippen molar-refractivity contribution in [2.75, 3.05) is 16.8 Å². The Morgan fingerprint density at radius 2 is 1.48 bits per heavy atom.